The third-order valence-corrected chi connectivity index (χ3v) is 4.51. The summed E-state index contributed by atoms with van der Waals surface area (Å²) in [5.41, 5.74) is 5.69. The van der Waals surface area contributed by atoms with Crippen LogP contribution in [0.3, 0.4) is 0 Å². The number of rotatable bonds is 5. The molecule has 1 rings (SSSR count). The molecule has 108 valence electrons. The van der Waals surface area contributed by atoms with Crippen LogP contribution in [0.5, 0.6) is 0 Å². The van der Waals surface area contributed by atoms with E-state index in [2.05, 4.69) is 4.72 Å². The van der Waals surface area contributed by atoms with Gasteiger partial charge in [0.1, 0.15) is 0 Å². The molecule has 0 bridgehead atoms. The second-order valence-electron chi connectivity index (χ2n) is 4.77. The molecule has 4 nitrogen and oxygen atoms in total. The Kier molecular flexibility index (Phi) is 5.42. The van der Waals surface area contributed by atoms with Gasteiger partial charge in [-0.25, -0.2) is 13.1 Å². The molecule has 8 heteroatoms. The Morgan fingerprint density at radius 2 is 1.72 bits per heavy atom. The topological polar surface area (TPSA) is 72.2 Å². The van der Waals surface area contributed by atoms with E-state index in [0.29, 0.717) is 12.8 Å². The van der Waals surface area contributed by atoms with E-state index in [-0.39, 0.29) is 12.1 Å². The van der Waals surface area contributed by atoms with Crippen LogP contribution in [0.2, 0.25) is 0 Å². The number of nitrogens with two attached hydrogens (primary N) is 1. The largest absolute Gasteiger partial charge is 0.389 e. The van der Waals surface area contributed by atoms with Crippen molar-refractivity contribution in [3.05, 3.63) is 0 Å². The molecule has 0 aromatic rings. The van der Waals surface area contributed by atoms with Crippen molar-refractivity contribution in [2.45, 2.75) is 56.8 Å². The minimum atomic E-state index is -4.30. The average molecular weight is 288 g/mol. The van der Waals surface area contributed by atoms with Crippen molar-refractivity contribution in [2.75, 3.05) is 5.75 Å². The van der Waals surface area contributed by atoms with Gasteiger partial charge in [0.25, 0.3) is 0 Å². The lowest BCUT2D eigenvalue weighted by Gasteiger charge is -2.26. The van der Waals surface area contributed by atoms with Gasteiger partial charge in [-0.1, -0.05) is 0 Å². The fourth-order valence-electron chi connectivity index (χ4n) is 2.01. The lowest BCUT2D eigenvalue weighted by atomic mass is 9.93. The molecule has 1 aliphatic rings. The van der Waals surface area contributed by atoms with Crippen molar-refractivity contribution in [2.24, 2.45) is 5.73 Å². The molecule has 1 saturated carbocycles. The second kappa shape index (κ2) is 6.21. The Hall–Kier alpha value is -0.340. The van der Waals surface area contributed by atoms with E-state index in [9.17, 15) is 21.6 Å². The molecule has 0 radical (unpaired) electrons. The van der Waals surface area contributed by atoms with Crippen LogP contribution in [0, 0.1) is 0 Å². The van der Waals surface area contributed by atoms with Crippen LogP contribution in [0.4, 0.5) is 13.2 Å². The standard InChI is InChI=1S/C10H19F3N2O2S/c11-10(12,13)6-1-7-18(16,17)15-9-4-2-8(14)3-5-9/h8-9,15H,1-7,14H2. The fraction of sp³-hybridized carbons (Fsp3) is 1.00. The zero-order valence-corrected chi connectivity index (χ0v) is 10.9. The van der Waals surface area contributed by atoms with Gasteiger partial charge in [-0.15, -0.1) is 0 Å². The lowest BCUT2D eigenvalue weighted by molar-refractivity contribution is -0.134. The minimum Gasteiger partial charge on any atom is -0.328 e. The highest BCUT2D eigenvalue weighted by Crippen LogP contribution is 2.22. The molecule has 0 heterocycles. The molecule has 18 heavy (non-hydrogen) atoms. The molecule has 0 spiro atoms. The summed E-state index contributed by atoms with van der Waals surface area (Å²) in [4.78, 5) is 0. The van der Waals surface area contributed by atoms with Crippen molar-refractivity contribution in [1.29, 1.82) is 0 Å². The number of halogens is 3. The van der Waals surface area contributed by atoms with Crippen LogP contribution in [-0.2, 0) is 10.0 Å². The van der Waals surface area contributed by atoms with E-state index in [1.54, 1.807) is 0 Å². The van der Waals surface area contributed by atoms with Gasteiger partial charge in [0.2, 0.25) is 10.0 Å². The van der Waals surface area contributed by atoms with Gasteiger partial charge >= 0.3 is 6.18 Å². The normalized spacial score (nSPS) is 26.2. The Morgan fingerprint density at radius 3 is 2.22 bits per heavy atom. The van der Waals surface area contributed by atoms with Crippen LogP contribution in [0.25, 0.3) is 0 Å². The van der Waals surface area contributed by atoms with Crippen LogP contribution in [0.15, 0.2) is 0 Å². The summed E-state index contributed by atoms with van der Waals surface area (Å²) in [6.45, 7) is 0. The molecular weight excluding hydrogens is 269 g/mol. The van der Waals surface area contributed by atoms with E-state index in [4.69, 9.17) is 5.73 Å². The van der Waals surface area contributed by atoms with Crippen molar-refractivity contribution in [3.63, 3.8) is 0 Å². The molecule has 0 amide bonds. The Morgan fingerprint density at radius 1 is 1.17 bits per heavy atom. The highest BCUT2D eigenvalue weighted by atomic mass is 32.2. The molecule has 0 atom stereocenters. The van der Waals surface area contributed by atoms with Crippen LogP contribution in [-0.4, -0.2) is 32.4 Å². The summed E-state index contributed by atoms with van der Waals surface area (Å²) in [7, 11) is -3.61. The lowest BCUT2D eigenvalue weighted by Crippen LogP contribution is -2.41. The first-order chi connectivity index (χ1) is 8.18. The molecular formula is C10H19F3N2O2S. The van der Waals surface area contributed by atoms with Crippen molar-refractivity contribution < 1.29 is 21.6 Å². The smallest absolute Gasteiger partial charge is 0.328 e. The van der Waals surface area contributed by atoms with Gasteiger partial charge in [0.15, 0.2) is 0 Å². The van der Waals surface area contributed by atoms with Gasteiger partial charge in [0, 0.05) is 18.5 Å². The first-order valence-electron chi connectivity index (χ1n) is 6.00. The van der Waals surface area contributed by atoms with Gasteiger partial charge in [0.05, 0.1) is 5.75 Å². The average Bonchev–Trinajstić information content (AvgIpc) is 2.18. The predicted molar refractivity (Wildman–Crippen MR) is 62.4 cm³/mol. The highest BCUT2D eigenvalue weighted by Gasteiger charge is 2.28. The SMILES string of the molecule is NC1CCC(NS(=O)(=O)CCCC(F)(F)F)CC1. The fourth-order valence-corrected chi connectivity index (χ4v) is 3.40. The highest BCUT2D eigenvalue weighted by molar-refractivity contribution is 7.89. The van der Waals surface area contributed by atoms with Crippen molar-refractivity contribution in [1.82, 2.24) is 4.72 Å². The van der Waals surface area contributed by atoms with Gasteiger partial charge in [-0.2, -0.15) is 13.2 Å². The van der Waals surface area contributed by atoms with Gasteiger partial charge in [-0.05, 0) is 32.1 Å². The molecule has 0 aromatic heterocycles. The van der Waals surface area contributed by atoms with E-state index < -0.39 is 34.8 Å². The quantitative estimate of drug-likeness (QED) is 0.805. The van der Waals surface area contributed by atoms with Gasteiger partial charge < -0.3 is 5.73 Å². The number of alkyl halides is 3. The Labute approximate surface area is 105 Å². The summed E-state index contributed by atoms with van der Waals surface area (Å²) in [6.07, 6.45) is -2.97. The Balaban J connectivity index is 2.31. The molecule has 0 aliphatic heterocycles. The second-order valence-corrected chi connectivity index (χ2v) is 6.64. The monoisotopic (exact) mass is 288 g/mol. The minimum absolute atomic E-state index is 0.107. The van der Waals surface area contributed by atoms with E-state index >= 15 is 0 Å². The van der Waals surface area contributed by atoms with E-state index in [1.807, 2.05) is 0 Å². The van der Waals surface area contributed by atoms with Crippen LogP contribution < -0.4 is 10.5 Å². The third kappa shape index (κ3) is 6.55. The van der Waals surface area contributed by atoms with Crippen molar-refractivity contribution >= 4 is 10.0 Å². The first kappa shape index (κ1) is 15.7. The molecule has 0 unspecified atom stereocenters. The summed E-state index contributed by atoms with van der Waals surface area (Å²) >= 11 is 0. The zero-order chi connectivity index (χ0) is 13.8. The number of hydrogen-bond acceptors (Lipinski definition) is 3. The van der Waals surface area contributed by atoms with E-state index in [1.165, 1.54) is 0 Å². The summed E-state index contributed by atoms with van der Waals surface area (Å²) < 4.78 is 61.3. The maximum Gasteiger partial charge on any atom is 0.389 e. The summed E-state index contributed by atoms with van der Waals surface area (Å²) in [6, 6.07) is -0.0725. The van der Waals surface area contributed by atoms with Crippen LogP contribution >= 0.6 is 0 Å². The molecule has 3 N–H and O–H groups in total. The number of sulfonamides is 1. The molecule has 1 fully saturated rings. The van der Waals surface area contributed by atoms with Crippen LogP contribution in [0.1, 0.15) is 38.5 Å². The molecule has 1 aliphatic carbocycles. The van der Waals surface area contributed by atoms with E-state index in [0.717, 1.165) is 12.8 Å². The first-order valence-corrected chi connectivity index (χ1v) is 7.65. The summed E-state index contributed by atoms with van der Waals surface area (Å²) in [5, 5.41) is 0. The number of nitrogens with one attached hydrogen (secondary N) is 1. The zero-order valence-electron chi connectivity index (χ0n) is 10.0. The predicted octanol–water partition coefficient (Wildman–Crippen LogP) is 1.52. The molecule has 0 aromatic carbocycles. The van der Waals surface area contributed by atoms with Gasteiger partial charge in [-0.3, -0.25) is 0 Å². The Bertz CT molecular complexity index is 349. The maximum atomic E-state index is 11.9. The summed E-state index contributed by atoms with van der Waals surface area (Å²) in [5.74, 6) is -0.477. The maximum absolute atomic E-state index is 11.9. The third-order valence-electron chi connectivity index (χ3n) is 2.99. The van der Waals surface area contributed by atoms with Crippen molar-refractivity contribution in [3.8, 4) is 0 Å². The molecule has 0 saturated heterocycles. The number of hydrogen-bond donors (Lipinski definition) is 2.